The summed E-state index contributed by atoms with van der Waals surface area (Å²) >= 11 is 0. The van der Waals surface area contributed by atoms with E-state index in [2.05, 4.69) is 15.6 Å². The number of likely N-dealkylation sites (tertiary alicyclic amines) is 1. The number of aromatic nitrogens is 2. The van der Waals surface area contributed by atoms with Crippen LogP contribution in [-0.4, -0.2) is 33.6 Å². The van der Waals surface area contributed by atoms with Crippen LogP contribution in [0.15, 0.2) is 22.8 Å². The fraction of sp³-hybridized carbons (Fsp3) is 0.474. The lowest BCUT2D eigenvalue weighted by Crippen LogP contribution is -2.31. The van der Waals surface area contributed by atoms with Crippen LogP contribution >= 0.6 is 0 Å². The van der Waals surface area contributed by atoms with Gasteiger partial charge in [0.15, 0.2) is 0 Å². The maximum atomic E-state index is 13.1. The Morgan fingerprint density at radius 3 is 2.69 bits per heavy atom. The lowest BCUT2D eigenvalue weighted by atomic mass is 10.1. The zero-order valence-corrected chi connectivity index (χ0v) is 15.0. The number of benzene rings is 1. The van der Waals surface area contributed by atoms with Gasteiger partial charge in [0.2, 0.25) is 5.91 Å². The van der Waals surface area contributed by atoms with Gasteiger partial charge in [-0.15, -0.1) is 0 Å². The molecule has 0 bridgehead atoms. The first-order chi connectivity index (χ1) is 12.5. The molecule has 136 valence electrons. The molecule has 1 aromatic carbocycles. The van der Waals surface area contributed by atoms with Gasteiger partial charge >= 0.3 is 0 Å². The molecule has 2 heterocycles. The summed E-state index contributed by atoms with van der Waals surface area (Å²) in [5.74, 6) is 0.109. The largest absolute Gasteiger partial charge is 0.330 e. The standard InChI is InChI=1S/C19H22N4O3/c1-11-5-6-14(10-15(11)20-18(24)13-7-8-13)19(25)23-9-3-4-16(23)17-12(2)21-26-22-17/h5-6,10,13,16H,3-4,7-9H2,1-2H3,(H,20,24). The molecular weight excluding hydrogens is 332 g/mol. The summed E-state index contributed by atoms with van der Waals surface area (Å²) in [6, 6.07) is 5.36. The van der Waals surface area contributed by atoms with Crippen LogP contribution in [0.25, 0.3) is 0 Å². The molecule has 7 heteroatoms. The van der Waals surface area contributed by atoms with Crippen LogP contribution in [0.3, 0.4) is 0 Å². The molecule has 1 N–H and O–H groups in total. The molecule has 0 radical (unpaired) electrons. The lowest BCUT2D eigenvalue weighted by molar-refractivity contribution is -0.117. The van der Waals surface area contributed by atoms with E-state index in [4.69, 9.17) is 4.63 Å². The summed E-state index contributed by atoms with van der Waals surface area (Å²) in [6.45, 7) is 4.44. The third-order valence-electron chi connectivity index (χ3n) is 5.21. The summed E-state index contributed by atoms with van der Waals surface area (Å²) in [5, 5.41) is 10.8. The van der Waals surface area contributed by atoms with Crippen molar-refractivity contribution in [1.29, 1.82) is 0 Å². The Morgan fingerprint density at radius 2 is 2.00 bits per heavy atom. The van der Waals surface area contributed by atoms with E-state index >= 15 is 0 Å². The van der Waals surface area contributed by atoms with Crippen molar-refractivity contribution in [2.75, 3.05) is 11.9 Å². The van der Waals surface area contributed by atoms with E-state index in [1.807, 2.05) is 30.9 Å². The number of nitrogens with zero attached hydrogens (tertiary/aromatic N) is 3. The highest BCUT2D eigenvalue weighted by Crippen LogP contribution is 2.34. The maximum absolute atomic E-state index is 13.1. The van der Waals surface area contributed by atoms with Crippen LogP contribution < -0.4 is 5.32 Å². The highest BCUT2D eigenvalue weighted by Gasteiger charge is 2.34. The fourth-order valence-electron chi connectivity index (χ4n) is 3.47. The van der Waals surface area contributed by atoms with E-state index < -0.39 is 0 Å². The van der Waals surface area contributed by atoms with Gasteiger partial charge in [-0.3, -0.25) is 9.59 Å². The zero-order chi connectivity index (χ0) is 18.3. The van der Waals surface area contributed by atoms with E-state index in [1.165, 1.54) is 0 Å². The van der Waals surface area contributed by atoms with Crippen molar-refractivity contribution >= 4 is 17.5 Å². The number of nitrogens with one attached hydrogen (secondary N) is 1. The number of anilines is 1. The second-order valence-corrected chi connectivity index (χ2v) is 7.18. The summed E-state index contributed by atoms with van der Waals surface area (Å²) in [4.78, 5) is 27.0. The Bertz CT molecular complexity index is 856. The average Bonchev–Trinajstić information content (AvgIpc) is 3.23. The third-order valence-corrected chi connectivity index (χ3v) is 5.21. The molecule has 2 fully saturated rings. The minimum Gasteiger partial charge on any atom is -0.330 e. The smallest absolute Gasteiger partial charge is 0.254 e. The van der Waals surface area contributed by atoms with Gasteiger partial charge in [-0.1, -0.05) is 16.4 Å². The predicted molar refractivity (Wildman–Crippen MR) is 94.6 cm³/mol. The van der Waals surface area contributed by atoms with E-state index in [1.54, 1.807) is 6.07 Å². The second-order valence-electron chi connectivity index (χ2n) is 7.18. The number of hydrogen-bond donors (Lipinski definition) is 1. The van der Waals surface area contributed by atoms with Crippen LogP contribution in [0, 0.1) is 19.8 Å². The Kier molecular flexibility index (Phi) is 4.22. The minimum absolute atomic E-state index is 0.0426. The molecule has 1 saturated heterocycles. The van der Waals surface area contributed by atoms with E-state index in [9.17, 15) is 9.59 Å². The van der Waals surface area contributed by atoms with Crippen molar-refractivity contribution in [3.8, 4) is 0 Å². The molecule has 26 heavy (non-hydrogen) atoms. The predicted octanol–water partition coefficient (Wildman–Crippen LogP) is 3.01. The number of hydrogen-bond acceptors (Lipinski definition) is 5. The molecule has 1 aliphatic heterocycles. The maximum Gasteiger partial charge on any atom is 0.254 e. The van der Waals surface area contributed by atoms with E-state index in [0.717, 1.165) is 42.6 Å². The van der Waals surface area contributed by atoms with Crippen molar-refractivity contribution in [3.63, 3.8) is 0 Å². The van der Waals surface area contributed by atoms with Crippen LogP contribution in [0.4, 0.5) is 5.69 Å². The Morgan fingerprint density at radius 1 is 1.19 bits per heavy atom. The molecule has 2 aromatic rings. The SMILES string of the molecule is Cc1ccc(C(=O)N2CCCC2c2nonc2C)cc1NC(=O)C1CC1. The first-order valence-corrected chi connectivity index (χ1v) is 9.06. The van der Waals surface area contributed by atoms with Gasteiger partial charge in [0.1, 0.15) is 11.4 Å². The zero-order valence-electron chi connectivity index (χ0n) is 15.0. The second kappa shape index (κ2) is 6.55. The topological polar surface area (TPSA) is 88.3 Å². The number of amides is 2. The molecular formula is C19H22N4O3. The third kappa shape index (κ3) is 3.09. The first kappa shape index (κ1) is 16.8. The average molecular weight is 354 g/mol. The minimum atomic E-state index is -0.112. The van der Waals surface area contributed by atoms with Gasteiger partial charge in [-0.2, -0.15) is 0 Å². The van der Waals surface area contributed by atoms with E-state index in [0.29, 0.717) is 17.8 Å². The van der Waals surface area contributed by atoms with Crippen molar-refractivity contribution in [2.45, 2.75) is 45.6 Å². The summed E-state index contributed by atoms with van der Waals surface area (Å²) in [5.41, 5.74) is 3.68. The quantitative estimate of drug-likeness (QED) is 0.912. The van der Waals surface area contributed by atoms with Crippen LogP contribution in [-0.2, 0) is 4.79 Å². The fourth-order valence-corrected chi connectivity index (χ4v) is 3.47. The molecule has 1 saturated carbocycles. The van der Waals surface area contributed by atoms with Crippen molar-refractivity contribution in [3.05, 3.63) is 40.7 Å². The molecule has 2 aliphatic rings. The van der Waals surface area contributed by atoms with Gasteiger partial charge < -0.3 is 10.2 Å². The Hall–Kier alpha value is -2.70. The monoisotopic (exact) mass is 354 g/mol. The van der Waals surface area contributed by atoms with Crippen molar-refractivity contribution < 1.29 is 14.2 Å². The highest BCUT2D eigenvalue weighted by atomic mass is 16.6. The normalized spacial score (nSPS) is 19.6. The Balaban J connectivity index is 1.57. The Labute approximate surface area is 151 Å². The van der Waals surface area contributed by atoms with Gasteiger partial charge in [0, 0.05) is 23.7 Å². The molecule has 4 rings (SSSR count). The molecule has 1 aromatic heterocycles. The van der Waals surface area contributed by atoms with Crippen LogP contribution in [0.5, 0.6) is 0 Å². The summed E-state index contributed by atoms with van der Waals surface area (Å²) in [6.07, 6.45) is 3.66. The van der Waals surface area contributed by atoms with Gasteiger partial charge in [-0.25, -0.2) is 4.63 Å². The van der Waals surface area contributed by atoms with Crippen LogP contribution in [0.2, 0.25) is 0 Å². The first-order valence-electron chi connectivity index (χ1n) is 9.06. The number of aryl methyl sites for hydroxylation is 2. The molecule has 0 spiro atoms. The molecule has 1 atom stereocenters. The van der Waals surface area contributed by atoms with Crippen molar-refractivity contribution in [2.24, 2.45) is 5.92 Å². The van der Waals surface area contributed by atoms with Gasteiger partial charge in [0.05, 0.1) is 6.04 Å². The van der Waals surface area contributed by atoms with Crippen molar-refractivity contribution in [1.82, 2.24) is 15.2 Å². The molecule has 1 aliphatic carbocycles. The molecule has 7 nitrogen and oxygen atoms in total. The molecule has 2 amide bonds. The van der Waals surface area contributed by atoms with Gasteiger partial charge in [0.25, 0.3) is 5.91 Å². The van der Waals surface area contributed by atoms with Crippen LogP contribution in [0.1, 0.15) is 59.0 Å². The number of rotatable bonds is 4. The number of carbonyl (C=O) groups excluding carboxylic acids is 2. The lowest BCUT2D eigenvalue weighted by Gasteiger charge is -2.23. The molecule has 1 unspecified atom stereocenters. The highest BCUT2D eigenvalue weighted by molar-refractivity contribution is 5.99. The summed E-state index contributed by atoms with van der Waals surface area (Å²) < 4.78 is 4.81. The number of carbonyl (C=O) groups is 2. The summed E-state index contributed by atoms with van der Waals surface area (Å²) in [7, 11) is 0. The van der Waals surface area contributed by atoms with E-state index in [-0.39, 0.29) is 23.8 Å². The van der Waals surface area contributed by atoms with Gasteiger partial charge in [-0.05, 0) is 57.2 Å².